The monoisotopic (exact) mass is 321 g/mol. The topological polar surface area (TPSA) is 63.2 Å². The van der Waals surface area contributed by atoms with Gasteiger partial charge in [-0.05, 0) is 38.0 Å². The first kappa shape index (κ1) is 16.9. The Morgan fingerprint density at radius 3 is 2.55 bits per heavy atom. The Hall–Kier alpha value is -1.14. The zero-order chi connectivity index (χ0) is 15.5. The number of amides is 1. The first-order chi connectivity index (χ1) is 9.16. The summed E-state index contributed by atoms with van der Waals surface area (Å²) in [6, 6.07) is 1.85. The van der Waals surface area contributed by atoms with Gasteiger partial charge in [0.05, 0.1) is 10.5 Å². The second kappa shape index (κ2) is 6.54. The van der Waals surface area contributed by atoms with E-state index in [1.807, 2.05) is 6.92 Å². The summed E-state index contributed by atoms with van der Waals surface area (Å²) in [6.45, 7) is 5.18. The van der Waals surface area contributed by atoms with Crippen molar-refractivity contribution in [1.82, 2.24) is 5.32 Å². The molecule has 0 saturated carbocycles. The highest BCUT2D eigenvalue weighted by molar-refractivity contribution is 8.13. The molecule has 1 N–H and O–H groups in total. The Labute approximate surface area is 122 Å². The van der Waals surface area contributed by atoms with Crippen molar-refractivity contribution < 1.29 is 17.6 Å². The van der Waals surface area contributed by atoms with E-state index in [2.05, 4.69) is 5.32 Å². The van der Waals surface area contributed by atoms with Crippen molar-refractivity contribution in [3.63, 3.8) is 0 Å². The summed E-state index contributed by atoms with van der Waals surface area (Å²) in [5, 5.41) is 2.62. The highest BCUT2D eigenvalue weighted by atomic mass is 35.7. The maximum atomic E-state index is 13.8. The number of carbonyl (C=O) groups excluding carboxylic acids is 1. The van der Waals surface area contributed by atoms with Crippen molar-refractivity contribution in [2.75, 3.05) is 0 Å². The number of halogens is 2. The summed E-state index contributed by atoms with van der Waals surface area (Å²) < 4.78 is 36.6. The van der Waals surface area contributed by atoms with Crippen molar-refractivity contribution >= 4 is 25.6 Å². The molecule has 1 aromatic carbocycles. The first-order valence-electron chi connectivity index (χ1n) is 6.22. The van der Waals surface area contributed by atoms with E-state index in [1.54, 1.807) is 6.92 Å². The maximum absolute atomic E-state index is 13.8. The summed E-state index contributed by atoms with van der Waals surface area (Å²) in [5.41, 5.74) is -0.159. The minimum absolute atomic E-state index is 0.121. The zero-order valence-electron chi connectivity index (χ0n) is 11.5. The van der Waals surface area contributed by atoms with E-state index in [0.717, 1.165) is 25.0 Å². The Morgan fingerprint density at radius 1 is 1.45 bits per heavy atom. The van der Waals surface area contributed by atoms with E-state index in [4.69, 9.17) is 10.7 Å². The normalized spacial score (nSPS) is 13.1. The lowest BCUT2D eigenvalue weighted by atomic mass is 10.1. The van der Waals surface area contributed by atoms with Crippen molar-refractivity contribution in [2.45, 2.75) is 44.6 Å². The third-order valence-electron chi connectivity index (χ3n) is 2.87. The van der Waals surface area contributed by atoms with Crippen molar-refractivity contribution in [2.24, 2.45) is 0 Å². The number of rotatable bonds is 5. The lowest BCUT2D eigenvalue weighted by molar-refractivity contribution is 0.0934. The van der Waals surface area contributed by atoms with Crippen LogP contribution in [0.15, 0.2) is 17.0 Å². The lowest BCUT2D eigenvalue weighted by Gasteiger charge is -2.14. The fraction of sp³-hybridized carbons (Fsp3) is 0.462. The van der Waals surface area contributed by atoms with E-state index in [9.17, 15) is 17.6 Å². The molecule has 0 aliphatic carbocycles. The predicted octanol–water partition coefficient (Wildman–Crippen LogP) is 2.98. The molecule has 0 bridgehead atoms. The van der Waals surface area contributed by atoms with Gasteiger partial charge >= 0.3 is 0 Å². The van der Waals surface area contributed by atoms with Gasteiger partial charge in [0.15, 0.2) is 0 Å². The Kier molecular flexibility index (Phi) is 5.53. The number of nitrogens with one attached hydrogen (secondary N) is 1. The second-order valence-electron chi connectivity index (χ2n) is 4.70. The number of benzene rings is 1. The zero-order valence-corrected chi connectivity index (χ0v) is 13.1. The number of carbonyl (C=O) groups is 1. The van der Waals surface area contributed by atoms with Gasteiger partial charge in [0.2, 0.25) is 0 Å². The van der Waals surface area contributed by atoms with E-state index >= 15 is 0 Å². The minimum Gasteiger partial charge on any atom is -0.349 e. The molecule has 112 valence electrons. The highest BCUT2D eigenvalue weighted by Gasteiger charge is 2.21. The summed E-state index contributed by atoms with van der Waals surface area (Å²) in [6.07, 6.45) is 1.62. The summed E-state index contributed by atoms with van der Waals surface area (Å²) >= 11 is 0. The highest BCUT2D eigenvalue weighted by Crippen LogP contribution is 2.23. The average Bonchev–Trinajstić information content (AvgIpc) is 2.26. The molecule has 1 rings (SSSR count). The van der Waals surface area contributed by atoms with E-state index in [0.29, 0.717) is 0 Å². The Morgan fingerprint density at radius 2 is 2.05 bits per heavy atom. The minimum atomic E-state index is -4.02. The molecule has 4 nitrogen and oxygen atoms in total. The molecular formula is C13H17ClFNO3S. The molecule has 7 heteroatoms. The van der Waals surface area contributed by atoms with Crippen molar-refractivity contribution in [1.29, 1.82) is 0 Å². The van der Waals surface area contributed by atoms with Crippen LogP contribution in [0.25, 0.3) is 0 Å². The van der Waals surface area contributed by atoms with Gasteiger partial charge in [-0.1, -0.05) is 13.3 Å². The SMILES string of the molecule is CCCC(C)NC(=O)c1cc(S(=O)(=O)Cl)c(C)cc1F. The Bertz CT molecular complexity index is 616. The van der Waals surface area contributed by atoms with E-state index in [1.165, 1.54) is 6.92 Å². The lowest BCUT2D eigenvalue weighted by Crippen LogP contribution is -2.33. The van der Waals surface area contributed by atoms with Gasteiger partial charge in [-0.2, -0.15) is 0 Å². The van der Waals surface area contributed by atoms with Crippen LogP contribution in [0.1, 0.15) is 42.6 Å². The fourth-order valence-corrected chi connectivity index (χ4v) is 3.10. The molecule has 1 atom stereocenters. The van der Waals surface area contributed by atoms with Gasteiger partial charge in [0, 0.05) is 16.7 Å². The van der Waals surface area contributed by atoms with Gasteiger partial charge in [-0.15, -0.1) is 0 Å². The third kappa shape index (κ3) is 4.18. The molecule has 0 aliphatic heterocycles. The fourth-order valence-electron chi connectivity index (χ4n) is 1.90. The van der Waals surface area contributed by atoms with Crippen LogP contribution in [0.3, 0.4) is 0 Å². The number of hydrogen-bond donors (Lipinski definition) is 1. The van der Waals surface area contributed by atoms with Gasteiger partial charge in [0.1, 0.15) is 5.82 Å². The van der Waals surface area contributed by atoms with E-state index < -0.39 is 20.8 Å². The van der Waals surface area contributed by atoms with Gasteiger partial charge < -0.3 is 5.32 Å². The summed E-state index contributed by atoms with van der Waals surface area (Å²) in [4.78, 5) is 11.7. The van der Waals surface area contributed by atoms with Crippen LogP contribution in [0.5, 0.6) is 0 Å². The standard InChI is InChI=1S/C13H17ClFNO3S/c1-4-5-9(3)16-13(17)10-7-12(20(14,18)19)8(2)6-11(10)15/h6-7,9H,4-5H2,1-3H3,(H,16,17). The van der Waals surface area contributed by atoms with Gasteiger partial charge in [-0.3, -0.25) is 4.79 Å². The van der Waals surface area contributed by atoms with Crippen LogP contribution in [-0.2, 0) is 9.05 Å². The summed E-state index contributed by atoms with van der Waals surface area (Å²) in [7, 11) is 1.25. The molecule has 20 heavy (non-hydrogen) atoms. The van der Waals surface area contributed by atoms with Gasteiger partial charge in [0.25, 0.3) is 15.0 Å². The molecule has 0 heterocycles. The summed E-state index contributed by atoms with van der Waals surface area (Å²) in [5.74, 6) is -1.42. The average molecular weight is 322 g/mol. The van der Waals surface area contributed by atoms with Crippen LogP contribution in [0, 0.1) is 12.7 Å². The molecule has 1 aromatic rings. The molecule has 0 saturated heterocycles. The molecule has 1 unspecified atom stereocenters. The largest absolute Gasteiger partial charge is 0.349 e. The molecule has 0 radical (unpaired) electrons. The maximum Gasteiger partial charge on any atom is 0.261 e. The van der Waals surface area contributed by atoms with Crippen LogP contribution < -0.4 is 5.32 Å². The molecule has 0 fully saturated rings. The predicted molar refractivity (Wildman–Crippen MR) is 76.0 cm³/mol. The molecule has 0 aromatic heterocycles. The third-order valence-corrected chi connectivity index (χ3v) is 4.34. The quantitative estimate of drug-likeness (QED) is 0.848. The van der Waals surface area contributed by atoms with Gasteiger partial charge in [-0.25, -0.2) is 12.8 Å². The molecule has 0 aliphatic rings. The van der Waals surface area contributed by atoms with Crippen LogP contribution in [-0.4, -0.2) is 20.4 Å². The number of aryl methyl sites for hydroxylation is 1. The van der Waals surface area contributed by atoms with Crippen LogP contribution >= 0.6 is 10.7 Å². The molecule has 0 spiro atoms. The Balaban J connectivity index is 3.16. The van der Waals surface area contributed by atoms with Crippen molar-refractivity contribution in [3.05, 3.63) is 29.1 Å². The first-order valence-corrected chi connectivity index (χ1v) is 8.53. The molecule has 1 amide bonds. The smallest absolute Gasteiger partial charge is 0.261 e. The van der Waals surface area contributed by atoms with Crippen molar-refractivity contribution in [3.8, 4) is 0 Å². The number of hydrogen-bond acceptors (Lipinski definition) is 3. The van der Waals surface area contributed by atoms with E-state index in [-0.39, 0.29) is 22.1 Å². The molecular weight excluding hydrogens is 305 g/mol. The van der Waals surface area contributed by atoms with Crippen LogP contribution in [0.2, 0.25) is 0 Å². The van der Waals surface area contributed by atoms with Crippen LogP contribution in [0.4, 0.5) is 4.39 Å². The second-order valence-corrected chi connectivity index (χ2v) is 7.23.